The van der Waals surface area contributed by atoms with E-state index in [0.29, 0.717) is 11.5 Å². The summed E-state index contributed by atoms with van der Waals surface area (Å²) < 4.78 is 11.0. The Hall–Kier alpha value is -1.59. The summed E-state index contributed by atoms with van der Waals surface area (Å²) in [6, 6.07) is 10.9. The van der Waals surface area contributed by atoms with Gasteiger partial charge in [-0.25, -0.2) is 0 Å². The van der Waals surface area contributed by atoms with Gasteiger partial charge in [-0.3, -0.25) is 4.99 Å². The molecule has 5 nitrogen and oxygen atoms in total. The van der Waals surface area contributed by atoms with Crippen molar-refractivity contribution in [1.82, 2.24) is 10.2 Å². The molecule has 5 heteroatoms. The van der Waals surface area contributed by atoms with E-state index in [1.165, 1.54) is 18.4 Å². The van der Waals surface area contributed by atoms with Gasteiger partial charge in [-0.15, -0.1) is 0 Å². The minimum absolute atomic E-state index is 0.379. The molecule has 150 valence electrons. The first kappa shape index (κ1) is 20.2. The number of benzene rings is 1. The van der Waals surface area contributed by atoms with E-state index in [1.807, 2.05) is 7.05 Å². The van der Waals surface area contributed by atoms with Crippen LogP contribution in [0, 0.1) is 5.41 Å². The zero-order valence-corrected chi connectivity index (χ0v) is 17.0. The quantitative estimate of drug-likeness (QED) is 0.410. The largest absolute Gasteiger partial charge is 0.385 e. The second kappa shape index (κ2) is 10.1. The van der Waals surface area contributed by atoms with Gasteiger partial charge in [0.05, 0.1) is 6.10 Å². The van der Waals surface area contributed by atoms with Crippen molar-refractivity contribution in [2.24, 2.45) is 10.4 Å². The molecule has 2 fully saturated rings. The second-order valence-corrected chi connectivity index (χ2v) is 7.97. The smallest absolute Gasteiger partial charge is 0.193 e. The summed E-state index contributed by atoms with van der Waals surface area (Å²) in [5, 5.41) is 3.66. The number of guanidine groups is 1. The lowest BCUT2D eigenvalue weighted by Gasteiger charge is -2.34. The Morgan fingerprint density at radius 2 is 1.93 bits per heavy atom. The number of ether oxygens (including phenoxy) is 2. The highest BCUT2D eigenvalue weighted by atomic mass is 16.5. The zero-order chi connectivity index (χ0) is 19.0. The monoisotopic (exact) mass is 373 g/mol. The standard InChI is InChI=1S/C22H35N3O2/c1-23-21(25-13-9-20(10-14-25)27-16-6-15-26-2)24-18-22(11-12-22)17-19-7-4-3-5-8-19/h3-5,7-8,20H,6,9-18H2,1-2H3,(H,23,24). The van der Waals surface area contributed by atoms with E-state index in [2.05, 4.69) is 45.5 Å². The van der Waals surface area contributed by atoms with Crippen LogP contribution in [0.1, 0.15) is 37.7 Å². The maximum Gasteiger partial charge on any atom is 0.193 e. The lowest BCUT2D eigenvalue weighted by atomic mass is 9.96. The molecule has 0 spiro atoms. The van der Waals surface area contributed by atoms with Gasteiger partial charge in [0.1, 0.15) is 0 Å². The summed E-state index contributed by atoms with van der Waals surface area (Å²) in [6.45, 7) is 4.62. The third-order valence-electron chi connectivity index (χ3n) is 5.80. The average molecular weight is 374 g/mol. The van der Waals surface area contributed by atoms with Gasteiger partial charge < -0.3 is 19.7 Å². The molecular formula is C22H35N3O2. The average Bonchev–Trinajstić information content (AvgIpc) is 3.47. The highest BCUT2D eigenvalue weighted by Gasteiger charge is 2.42. The van der Waals surface area contributed by atoms with Crippen molar-refractivity contribution in [3.8, 4) is 0 Å². The first-order valence-corrected chi connectivity index (χ1v) is 10.3. The molecule has 0 bridgehead atoms. The summed E-state index contributed by atoms with van der Waals surface area (Å²) in [7, 11) is 3.63. The third kappa shape index (κ3) is 6.22. The van der Waals surface area contributed by atoms with E-state index in [-0.39, 0.29) is 0 Å². The summed E-state index contributed by atoms with van der Waals surface area (Å²) in [6.07, 6.45) is 7.28. The molecule has 1 N–H and O–H groups in total. The number of likely N-dealkylation sites (tertiary alicyclic amines) is 1. The van der Waals surface area contributed by atoms with Gasteiger partial charge >= 0.3 is 0 Å². The molecule has 1 saturated heterocycles. The number of hydrogen-bond acceptors (Lipinski definition) is 3. The molecular weight excluding hydrogens is 338 g/mol. The number of hydrogen-bond donors (Lipinski definition) is 1. The van der Waals surface area contributed by atoms with Gasteiger partial charge in [-0.1, -0.05) is 30.3 Å². The minimum atomic E-state index is 0.379. The van der Waals surface area contributed by atoms with Crippen LogP contribution in [-0.2, 0) is 15.9 Å². The first-order chi connectivity index (χ1) is 13.2. The van der Waals surface area contributed by atoms with Gasteiger partial charge in [0.15, 0.2) is 5.96 Å². The topological polar surface area (TPSA) is 46.1 Å². The van der Waals surface area contributed by atoms with Crippen LogP contribution >= 0.6 is 0 Å². The molecule has 1 aromatic carbocycles. The Balaban J connectivity index is 1.40. The van der Waals surface area contributed by atoms with Gasteiger partial charge in [-0.05, 0) is 49.5 Å². The van der Waals surface area contributed by atoms with Gasteiger partial charge in [0.2, 0.25) is 0 Å². The van der Waals surface area contributed by atoms with Crippen molar-refractivity contribution in [1.29, 1.82) is 0 Å². The number of aliphatic imine (C=N–C) groups is 1. The van der Waals surface area contributed by atoms with Crippen LogP contribution in [0.25, 0.3) is 0 Å². The molecule has 1 saturated carbocycles. The van der Waals surface area contributed by atoms with E-state index in [4.69, 9.17) is 9.47 Å². The fourth-order valence-corrected chi connectivity index (χ4v) is 3.91. The number of nitrogens with one attached hydrogen (secondary N) is 1. The van der Waals surface area contributed by atoms with Gasteiger partial charge in [0.25, 0.3) is 0 Å². The minimum Gasteiger partial charge on any atom is -0.385 e. The Labute approximate surface area is 164 Å². The zero-order valence-electron chi connectivity index (χ0n) is 17.0. The molecule has 1 heterocycles. The Bertz CT molecular complexity index is 578. The highest BCUT2D eigenvalue weighted by Crippen LogP contribution is 2.47. The van der Waals surface area contributed by atoms with Crippen LogP contribution < -0.4 is 5.32 Å². The van der Waals surface area contributed by atoms with Crippen LogP contribution in [0.15, 0.2) is 35.3 Å². The van der Waals surface area contributed by atoms with Crippen molar-refractivity contribution in [3.05, 3.63) is 35.9 Å². The first-order valence-electron chi connectivity index (χ1n) is 10.3. The molecule has 3 rings (SSSR count). The van der Waals surface area contributed by atoms with Crippen LogP contribution in [0.5, 0.6) is 0 Å². The summed E-state index contributed by atoms with van der Waals surface area (Å²) in [4.78, 5) is 6.92. The number of piperidine rings is 1. The second-order valence-electron chi connectivity index (χ2n) is 7.97. The fraction of sp³-hybridized carbons (Fsp3) is 0.682. The van der Waals surface area contributed by atoms with Crippen LogP contribution in [0.4, 0.5) is 0 Å². The van der Waals surface area contributed by atoms with Crippen molar-refractivity contribution >= 4 is 5.96 Å². The predicted octanol–water partition coefficient (Wildman–Crippen LogP) is 3.10. The van der Waals surface area contributed by atoms with Crippen molar-refractivity contribution in [3.63, 3.8) is 0 Å². The predicted molar refractivity (Wildman–Crippen MR) is 110 cm³/mol. The van der Waals surface area contributed by atoms with Crippen LogP contribution in [0.3, 0.4) is 0 Å². The highest BCUT2D eigenvalue weighted by molar-refractivity contribution is 5.80. The van der Waals surface area contributed by atoms with Crippen molar-refractivity contribution in [2.45, 2.75) is 44.6 Å². The molecule has 0 amide bonds. The SMILES string of the molecule is CN=C(NCC1(Cc2ccccc2)CC1)N1CCC(OCCCOC)CC1. The normalized spacial score (nSPS) is 19.9. The Kier molecular flexibility index (Phi) is 7.53. The molecule has 1 aromatic rings. The molecule has 0 radical (unpaired) electrons. The molecule has 0 atom stereocenters. The van der Waals surface area contributed by atoms with E-state index in [9.17, 15) is 0 Å². The van der Waals surface area contributed by atoms with Gasteiger partial charge in [0, 0.05) is 47.0 Å². The lowest BCUT2D eigenvalue weighted by Crippen LogP contribution is -2.48. The summed E-state index contributed by atoms with van der Waals surface area (Å²) in [5.74, 6) is 1.05. The molecule has 27 heavy (non-hydrogen) atoms. The summed E-state index contributed by atoms with van der Waals surface area (Å²) in [5.41, 5.74) is 1.86. The molecule has 0 aromatic heterocycles. The van der Waals surface area contributed by atoms with E-state index >= 15 is 0 Å². The third-order valence-corrected chi connectivity index (χ3v) is 5.80. The number of nitrogens with zero attached hydrogens (tertiary/aromatic N) is 2. The number of methoxy groups -OCH3 is 1. The van der Waals surface area contributed by atoms with Crippen molar-refractivity contribution in [2.75, 3.05) is 47.0 Å². The fourth-order valence-electron chi connectivity index (χ4n) is 3.91. The van der Waals surface area contributed by atoms with Gasteiger partial charge in [-0.2, -0.15) is 0 Å². The molecule has 0 unspecified atom stereocenters. The molecule has 1 aliphatic carbocycles. The number of rotatable bonds is 9. The Morgan fingerprint density at radius 1 is 1.19 bits per heavy atom. The van der Waals surface area contributed by atoms with Crippen LogP contribution in [-0.4, -0.2) is 64.0 Å². The lowest BCUT2D eigenvalue weighted by molar-refractivity contribution is 0.00987. The maximum atomic E-state index is 5.97. The molecule has 2 aliphatic rings. The van der Waals surface area contributed by atoms with Crippen LogP contribution in [0.2, 0.25) is 0 Å². The van der Waals surface area contributed by atoms with Crippen molar-refractivity contribution < 1.29 is 9.47 Å². The summed E-state index contributed by atoms with van der Waals surface area (Å²) >= 11 is 0. The Morgan fingerprint density at radius 3 is 2.56 bits per heavy atom. The van der Waals surface area contributed by atoms with E-state index in [0.717, 1.165) is 64.5 Å². The maximum absolute atomic E-state index is 5.97. The van der Waals surface area contributed by atoms with E-state index < -0.39 is 0 Å². The van der Waals surface area contributed by atoms with E-state index in [1.54, 1.807) is 7.11 Å². The molecule has 1 aliphatic heterocycles.